The molecule has 1 aliphatic heterocycles. The van der Waals surface area contributed by atoms with Crippen molar-refractivity contribution in [1.29, 1.82) is 0 Å². The van der Waals surface area contributed by atoms with Crippen molar-refractivity contribution in [1.82, 2.24) is 5.32 Å². The fraction of sp³-hybridized carbons (Fsp3) is 0.333. The largest absolute Gasteiger partial charge is 0.484 e. The molecule has 112 valence electrons. The normalized spacial score (nSPS) is 21.0. The predicted molar refractivity (Wildman–Crippen MR) is 90.5 cm³/mol. The van der Waals surface area contributed by atoms with Crippen LogP contribution in [0, 0.1) is 5.82 Å². The molecule has 0 aliphatic carbocycles. The second kappa shape index (κ2) is 6.36. The molecule has 1 aromatic carbocycles. The zero-order chi connectivity index (χ0) is 15.0. The Kier molecular flexibility index (Phi) is 4.69. The van der Waals surface area contributed by atoms with Gasteiger partial charge >= 0.3 is 0 Å². The van der Waals surface area contributed by atoms with E-state index in [-0.39, 0.29) is 18.0 Å². The summed E-state index contributed by atoms with van der Waals surface area (Å²) in [5, 5.41) is 3.46. The van der Waals surface area contributed by atoms with Crippen LogP contribution in [0.1, 0.15) is 35.9 Å². The van der Waals surface area contributed by atoms with Crippen molar-refractivity contribution in [2.45, 2.75) is 25.5 Å². The Balaban J connectivity index is 1.96. The number of nitrogens with one attached hydrogen (secondary N) is 1. The van der Waals surface area contributed by atoms with Crippen molar-refractivity contribution in [2.75, 3.05) is 6.54 Å². The van der Waals surface area contributed by atoms with E-state index >= 15 is 0 Å². The van der Waals surface area contributed by atoms with Gasteiger partial charge < -0.3 is 10.1 Å². The summed E-state index contributed by atoms with van der Waals surface area (Å²) in [6.45, 7) is 2.94. The Morgan fingerprint density at radius 3 is 2.86 bits per heavy atom. The lowest BCUT2D eigenvalue weighted by Gasteiger charge is -2.32. The summed E-state index contributed by atoms with van der Waals surface area (Å²) in [7, 11) is 0. The van der Waals surface area contributed by atoms with Gasteiger partial charge in [0.05, 0.1) is 3.79 Å². The third kappa shape index (κ3) is 3.18. The lowest BCUT2D eigenvalue weighted by atomic mass is 9.95. The van der Waals surface area contributed by atoms with Crippen molar-refractivity contribution in [3.63, 3.8) is 0 Å². The van der Waals surface area contributed by atoms with E-state index in [1.54, 1.807) is 11.3 Å². The summed E-state index contributed by atoms with van der Waals surface area (Å²) in [5.41, 5.74) is 1.03. The van der Waals surface area contributed by atoms with E-state index in [1.807, 2.05) is 6.07 Å². The molecule has 21 heavy (non-hydrogen) atoms. The maximum absolute atomic E-state index is 13.5. The van der Waals surface area contributed by atoms with Gasteiger partial charge in [-0.3, -0.25) is 0 Å². The van der Waals surface area contributed by atoms with Gasteiger partial charge in [0.15, 0.2) is 0 Å². The second-order valence-electron chi connectivity index (χ2n) is 4.91. The van der Waals surface area contributed by atoms with Crippen LogP contribution in [0.4, 0.5) is 4.39 Å². The SMILES string of the molecule is CCNC1CC(c2cc(Br)c(Br)s2)Oc2cc(F)ccc21. The quantitative estimate of drug-likeness (QED) is 0.680. The number of hydrogen-bond acceptors (Lipinski definition) is 3. The maximum atomic E-state index is 13.5. The van der Waals surface area contributed by atoms with Crippen LogP contribution in [-0.4, -0.2) is 6.54 Å². The first-order chi connectivity index (χ1) is 10.1. The third-order valence-corrected chi connectivity index (χ3v) is 6.85. The molecule has 2 nitrogen and oxygen atoms in total. The number of ether oxygens (including phenoxy) is 1. The molecule has 0 radical (unpaired) electrons. The molecular formula is C15H14Br2FNOS. The molecule has 0 bridgehead atoms. The Morgan fingerprint density at radius 2 is 2.19 bits per heavy atom. The van der Waals surface area contributed by atoms with Crippen LogP contribution in [0.2, 0.25) is 0 Å². The highest BCUT2D eigenvalue weighted by Gasteiger charge is 2.30. The van der Waals surface area contributed by atoms with Gasteiger partial charge in [0.25, 0.3) is 0 Å². The minimum Gasteiger partial charge on any atom is -0.484 e. The molecule has 2 aromatic rings. The summed E-state index contributed by atoms with van der Waals surface area (Å²) >= 11 is 8.66. The van der Waals surface area contributed by atoms with Gasteiger partial charge in [-0.05, 0) is 50.5 Å². The molecule has 2 heterocycles. The summed E-state index contributed by atoms with van der Waals surface area (Å²) in [4.78, 5) is 1.13. The second-order valence-corrected chi connectivity index (χ2v) is 8.16. The van der Waals surface area contributed by atoms with Gasteiger partial charge in [-0.1, -0.05) is 13.0 Å². The van der Waals surface area contributed by atoms with Crippen molar-refractivity contribution >= 4 is 43.2 Å². The molecule has 1 aliphatic rings. The number of fused-ring (bicyclic) bond motifs is 1. The number of hydrogen-bond donors (Lipinski definition) is 1. The first-order valence-corrected chi connectivity index (χ1v) is 9.13. The zero-order valence-corrected chi connectivity index (χ0v) is 15.3. The number of halogens is 3. The third-order valence-electron chi connectivity index (χ3n) is 3.50. The Labute approximate surface area is 144 Å². The van der Waals surface area contributed by atoms with E-state index in [0.29, 0.717) is 5.75 Å². The summed E-state index contributed by atoms with van der Waals surface area (Å²) in [6.07, 6.45) is 0.780. The Morgan fingerprint density at radius 1 is 1.38 bits per heavy atom. The minimum atomic E-state index is -0.266. The predicted octanol–water partition coefficient (Wildman–Crippen LogP) is 5.59. The minimum absolute atomic E-state index is 0.0593. The van der Waals surface area contributed by atoms with Crippen LogP contribution in [0.3, 0.4) is 0 Å². The Hall–Kier alpha value is -0.430. The van der Waals surface area contributed by atoms with Crippen LogP contribution in [0.15, 0.2) is 32.5 Å². The number of benzene rings is 1. The van der Waals surface area contributed by atoms with Gasteiger partial charge in [0, 0.05) is 33.4 Å². The molecule has 0 fully saturated rings. The topological polar surface area (TPSA) is 21.3 Å². The molecule has 2 atom stereocenters. The van der Waals surface area contributed by atoms with Gasteiger partial charge in [-0.2, -0.15) is 0 Å². The van der Waals surface area contributed by atoms with Crippen LogP contribution in [-0.2, 0) is 0 Å². The van der Waals surface area contributed by atoms with E-state index in [4.69, 9.17) is 4.74 Å². The van der Waals surface area contributed by atoms with Crippen LogP contribution in [0.25, 0.3) is 0 Å². The van der Waals surface area contributed by atoms with Crippen LogP contribution < -0.4 is 10.1 Å². The van der Waals surface area contributed by atoms with Gasteiger partial charge in [-0.15, -0.1) is 11.3 Å². The maximum Gasteiger partial charge on any atom is 0.135 e. The summed E-state index contributed by atoms with van der Waals surface area (Å²) in [6, 6.07) is 7.03. The van der Waals surface area contributed by atoms with E-state index in [2.05, 4.69) is 50.2 Å². The molecule has 2 unspecified atom stereocenters. The highest BCUT2D eigenvalue weighted by Crippen LogP contribution is 2.45. The van der Waals surface area contributed by atoms with E-state index in [1.165, 1.54) is 12.1 Å². The average molecular weight is 435 g/mol. The van der Waals surface area contributed by atoms with Crippen molar-refractivity contribution in [3.8, 4) is 5.75 Å². The molecule has 0 spiro atoms. The molecule has 0 saturated carbocycles. The van der Waals surface area contributed by atoms with Gasteiger partial charge in [0.1, 0.15) is 17.7 Å². The first-order valence-electron chi connectivity index (χ1n) is 6.72. The smallest absolute Gasteiger partial charge is 0.135 e. The lowest BCUT2D eigenvalue weighted by molar-refractivity contribution is 0.154. The summed E-state index contributed by atoms with van der Waals surface area (Å²) in [5.74, 6) is 0.371. The highest BCUT2D eigenvalue weighted by atomic mass is 79.9. The summed E-state index contributed by atoms with van der Waals surface area (Å²) < 4.78 is 21.6. The van der Waals surface area contributed by atoms with Crippen LogP contribution >= 0.6 is 43.2 Å². The average Bonchev–Trinajstić information content (AvgIpc) is 2.78. The standard InChI is InChI=1S/C15H14Br2FNOS/c1-2-19-11-7-13(14-6-10(16)15(17)21-14)20-12-5-8(18)3-4-9(11)12/h3-6,11,13,19H,2,7H2,1H3. The molecule has 0 amide bonds. The first kappa shape index (κ1) is 15.5. The van der Waals surface area contributed by atoms with Crippen LogP contribution in [0.5, 0.6) is 5.75 Å². The molecule has 3 rings (SSSR count). The molecule has 0 saturated heterocycles. The van der Waals surface area contributed by atoms with Crippen molar-refractivity contribution in [2.24, 2.45) is 0 Å². The highest BCUT2D eigenvalue weighted by molar-refractivity contribution is 9.13. The van der Waals surface area contributed by atoms with Crippen molar-refractivity contribution in [3.05, 3.63) is 48.8 Å². The zero-order valence-electron chi connectivity index (χ0n) is 11.3. The number of rotatable bonds is 3. The fourth-order valence-corrected chi connectivity index (χ4v) is 4.71. The van der Waals surface area contributed by atoms with E-state index in [0.717, 1.165) is 31.7 Å². The van der Waals surface area contributed by atoms with E-state index in [9.17, 15) is 4.39 Å². The monoisotopic (exact) mass is 433 g/mol. The number of thiophene rings is 1. The Bertz CT molecular complexity index is 642. The van der Waals surface area contributed by atoms with E-state index < -0.39 is 0 Å². The molecule has 1 N–H and O–H groups in total. The lowest BCUT2D eigenvalue weighted by Crippen LogP contribution is -2.28. The molecule has 1 aromatic heterocycles. The van der Waals surface area contributed by atoms with Gasteiger partial charge in [-0.25, -0.2) is 4.39 Å². The molecule has 6 heteroatoms. The van der Waals surface area contributed by atoms with Crippen molar-refractivity contribution < 1.29 is 9.13 Å². The van der Waals surface area contributed by atoms with Gasteiger partial charge in [0.2, 0.25) is 0 Å². The fourth-order valence-electron chi connectivity index (χ4n) is 2.58. The molecular weight excluding hydrogens is 421 g/mol.